The molecule has 1 heteroatoms. The van der Waals surface area contributed by atoms with E-state index < -0.39 is 0 Å². The molecule has 2 fully saturated rings. The molecule has 0 amide bonds. The van der Waals surface area contributed by atoms with Crippen LogP contribution in [0.4, 0.5) is 0 Å². The largest absolute Gasteiger partial charge is 0.299 e. The molecule has 0 saturated heterocycles. The highest BCUT2D eigenvalue weighted by Crippen LogP contribution is 2.56. The third-order valence-electron chi connectivity index (χ3n) is 6.34. The molecule has 0 bridgehead atoms. The van der Waals surface area contributed by atoms with Crippen LogP contribution in [0.25, 0.3) is 0 Å². The van der Waals surface area contributed by atoms with Crippen LogP contribution in [0.5, 0.6) is 0 Å². The second kappa shape index (κ2) is 6.03. The SMILES string of the molecule is CC(C)[C@@H](C)/C=C/[C@@H](C)C1CC[C@H]2C(=O)CCC[C@]12C. The minimum absolute atomic E-state index is 0.278. The van der Waals surface area contributed by atoms with Gasteiger partial charge in [-0.05, 0) is 54.8 Å². The summed E-state index contributed by atoms with van der Waals surface area (Å²) in [5.74, 6) is 3.58. The highest BCUT2D eigenvalue weighted by Gasteiger charge is 2.51. The summed E-state index contributed by atoms with van der Waals surface area (Å²) >= 11 is 0. The van der Waals surface area contributed by atoms with E-state index in [1.165, 1.54) is 12.8 Å². The monoisotopic (exact) mass is 276 g/mol. The molecule has 0 aromatic carbocycles. The molecule has 2 rings (SSSR count). The molecule has 0 spiro atoms. The Kier molecular flexibility index (Phi) is 4.76. The van der Waals surface area contributed by atoms with Crippen molar-refractivity contribution in [2.75, 3.05) is 0 Å². The lowest BCUT2D eigenvalue weighted by Gasteiger charge is -2.41. The number of fused-ring (bicyclic) bond motifs is 1. The van der Waals surface area contributed by atoms with Crippen LogP contribution in [0.2, 0.25) is 0 Å². The Bertz CT molecular complexity index is 381. The van der Waals surface area contributed by atoms with Crippen LogP contribution < -0.4 is 0 Å². The first kappa shape index (κ1) is 15.8. The van der Waals surface area contributed by atoms with Crippen LogP contribution in [-0.4, -0.2) is 5.78 Å². The lowest BCUT2D eigenvalue weighted by Crippen LogP contribution is -2.39. The van der Waals surface area contributed by atoms with Gasteiger partial charge in [0.1, 0.15) is 5.78 Å². The molecule has 0 aliphatic heterocycles. The molecule has 1 nitrogen and oxygen atoms in total. The van der Waals surface area contributed by atoms with E-state index in [9.17, 15) is 4.79 Å². The fraction of sp³-hybridized carbons (Fsp3) is 0.842. The van der Waals surface area contributed by atoms with Crippen LogP contribution in [0, 0.1) is 35.0 Å². The minimum Gasteiger partial charge on any atom is -0.299 e. The third kappa shape index (κ3) is 2.87. The highest BCUT2D eigenvalue weighted by molar-refractivity contribution is 5.83. The molecule has 2 aliphatic rings. The Hall–Kier alpha value is -0.590. The zero-order valence-electron chi connectivity index (χ0n) is 14.0. The lowest BCUT2D eigenvalue weighted by atomic mass is 9.62. The van der Waals surface area contributed by atoms with Crippen LogP contribution in [-0.2, 0) is 4.79 Å². The maximum Gasteiger partial charge on any atom is 0.136 e. The van der Waals surface area contributed by atoms with Gasteiger partial charge in [-0.1, -0.05) is 46.8 Å². The second-order valence-electron chi connectivity index (χ2n) is 7.91. The van der Waals surface area contributed by atoms with E-state index in [0.717, 1.165) is 19.3 Å². The second-order valence-corrected chi connectivity index (χ2v) is 7.91. The fourth-order valence-corrected chi connectivity index (χ4v) is 4.54. The van der Waals surface area contributed by atoms with E-state index >= 15 is 0 Å². The predicted octanol–water partition coefficient (Wildman–Crippen LogP) is 5.26. The Morgan fingerprint density at radius 1 is 1.15 bits per heavy atom. The predicted molar refractivity (Wildman–Crippen MR) is 85.5 cm³/mol. The molecule has 2 saturated carbocycles. The molecule has 2 aliphatic carbocycles. The average molecular weight is 276 g/mol. The van der Waals surface area contributed by atoms with Crippen LogP contribution >= 0.6 is 0 Å². The number of carbonyl (C=O) groups excluding carboxylic acids is 1. The summed E-state index contributed by atoms with van der Waals surface area (Å²) in [6.07, 6.45) is 10.4. The van der Waals surface area contributed by atoms with E-state index in [2.05, 4.69) is 46.8 Å². The van der Waals surface area contributed by atoms with Crippen molar-refractivity contribution < 1.29 is 4.79 Å². The van der Waals surface area contributed by atoms with E-state index in [1.807, 2.05) is 0 Å². The molecule has 0 aromatic heterocycles. The molecular formula is C19H32O. The smallest absolute Gasteiger partial charge is 0.136 e. The molecule has 114 valence electrons. The van der Waals surface area contributed by atoms with Gasteiger partial charge in [-0.2, -0.15) is 0 Å². The summed E-state index contributed by atoms with van der Waals surface area (Å²) in [5, 5.41) is 0. The van der Waals surface area contributed by atoms with Gasteiger partial charge in [0, 0.05) is 12.3 Å². The maximum atomic E-state index is 12.2. The molecule has 5 atom stereocenters. The summed E-state index contributed by atoms with van der Waals surface area (Å²) in [7, 11) is 0. The van der Waals surface area contributed by atoms with Crippen molar-refractivity contribution in [1.82, 2.24) is 0 Å². The van der Waals surface area contributed by atoms with Gasteiger partial charge >= 0.3 is 0 Å². The Morgan fingerprint density at radius 3 is 2.50 bits per heavy atom. The average Bonchev–Trinajstić information content (AvgIpc) is 2.74. The Balaban J connectivity index is 2.07. The van der Waals surface area contributed by atoms with Crippen molar-refractivity contribution in [3.63, 3.8) is 0 Å². The summed E-state index contributed by atoms with van der Waals surface area (Å²) < 4.78 is 0. The van der Waals surface area contributed by atoms with Crippen molar-refractivity contribution >= 4 is 5.78 Å². The summed E-state index contributed by atoms with van der Waals surface area (Å²) in [6.45, 7) is 11.6. The Morgan fingerprint density at radius 2 is 1.85 bits per heavy atom. The highest BCUT2D eigenvalue weighted by atomic mass is 16.1. The van der Waals surface area contributed by atoms with Crippen molar-refractivity contribution in [1.29, 1.82) is 0 Å². The maximum absolute atomic E-state index is 12.2. The van der Waals surface area contributed by atoms with E-state index in [0.29, 0.717) is 35.4 Å². The topological polar surface area (TPSA) is 17.1 Å². The summed E-state index contributed by atoms with van der Waals surface area (Å²) in [6, 6.07) is 0. The van der Waals surface area contributed by atoms with Crippen LogP contribution in [0.1, 0.15) is 66.7 Å². The quantitative estimate of drug-likeness (QED) is 0.640. The van der Waals surface area contributed by atoms with Crippen molar-refractivity contribution in [2.24, 2.45) is 35.0 Å². The first-order chi connectivity index (χ1) is 9.36. The van der Waals surface area contributed by atoms with E-state index in [1.54, 1.807) is 0 Å². The zero-order chi connectivity index (χ0) is 14.9. The van der Waals surface area contributed by atoms with Gasteiger partial charge in [-0.3, -0.25) is 4.79 Å². The van der Waals surface area contributed by atoms with Gasteiger partial charge in [0.2, 0.25) is 0 Å². The van der Waals surface area contributed by atoms with Crippen LogP contribution in [0.3, 0.4) is 0 Å². The molecule has 0 N–H and O–H groups in total. The summed E-state index contributed by atoms with van der Waals surface area (Å²) in [4.78, 5) is 12.2. The van der Waals surface area contributed by atoms with Crippen LogP contribution in [0.15, 0.2) is 12.2 Å². The Labute approximate surface area is 125 Å². The first-order valence-electron chi connectivity index (χ1n) is 8.57. The number of rotatable bonds is 4. The number of Topliss-reactive ketones (excluding diaryl/α,β-unsaturated/α-hetero) is 1. The van der Waals surface area contributed by atoms with Crippen molar-refractivity contribution in [3.8, 4) is 0 Å². The van der Waals surface area contributed by atoms with Gasteiger partial charge < -0.3 is 0 Å². The molecule has 20 heavy (non-hydrogen) atoms. The third-order valence-corrected chi connectivity index (χ3v) is 6.34. The first-order valence-corrected chi connectivity index (χ1v) is 8.57. The van der Waals surface area contributed by atoms with E-state index in [4.69, 9.17) is 0 Å². The molecule has 1 unspecified atom stereocenters. The molecular weight excluding hydrogens is 244 g/mol. The number of allylic oxidation sites excluding steroid dienone is 2. The standard InChI is InChI=1S/C19H32O/c1-13(2)14(3)8-9-15(4)16-10-11-17-18(20)7-6-12-19(16,17)5/h8-9,13-17H,6-7,10-12H2,1-5H3/b9-8+/t14-,15+,16?,17-,19+/m0/s1. The summed E-state index contributed by atoms with van der Waals surface area (Å²) in [5.41, 5.74) is 0.278. The number of hydrogen-bond donors (Lipinski definition) is 0. The van der Waals surface area contributed by atoms with Crippen molar-refractivity contribution in [3.05, 3.63) is 12.2 Å². The van der Waals surface area contributed by atoms with Crippen molar-refractivity contribution in [2.45, 2.75) is 66.7 Å². The van der Waals surface area contributed by atoms with E-state index in [-0.39, 0.29) is 5.41 Å². The zero-order valence-corrected chi connectivity index (χ0v) is 14.0. The molecule has 0 radical (unpaired) electrons. The lowest BCUT2D eigenvalue weighted by molar-refractivity contribution is -0.129. The molecule has 0 heterocycles. The number of carbonyl (C=O) groups is 1. The van der Waals surface area contributed by atoms with Gasteiger partial charge in [0.05, 0.1) is 0 Å². The van der Waals surface area contributed by atoms with Gasteiger partial charge in [0.25, 0.3) is 0 Å². The normalized spacial score (nSPS) is 37.4. The van der Waals surface area contributed by atoms with Gasteiger partial charge in [0.15, 0.2) is 0 Å². The van der Waals surface area contributed by atoms with Gasteiger partial charge in [-0.15, -0.1) is 0 Å². The minimum atomic E-state index is 0.278. The number of hydrogen-bond acceptors (Lipinski definition) is 1. The fourth-order valence-electron chi connectivity index (χ4n) is 4.54. The van der Waals surface area contributed by atoms with Gasteiger partial charge in [-0.25, -0.2) is 0 Å². The molecule has 0 aromatic rings. The number of ketones is 1.